The molecule has 0 spiro atoms. The summed E-state index contributed by atoms with van der Waals surface area (Å²) in [6, 6.07) is 15.0. The van der Waals surface area contributed by atoms with Crippen LogP contribution in [-0.2, 0) is 4.79 Å². The molecule has 32 heavy (non-hydrogen) atoms. The largest absolute Gasteiger partial charge is 0.496 e. The third-order valence-corrected chi connectivity index (χ3v) is 6.01. The summed E-state index contributed by atoms with van der Waals surface area (Å²) in [6.07, 6.45) is 0.674. The lowest BCUT2D eigenvalue weighted by Crippen LogP contribution is -2.54. The molecule has 2 aliphatic heterocycles. The lowest BCUT2D eigenvalue weighted by Gasteiger charge is -2.36. The Morgan fingerprint density at radius 3 is 2.34 bits per heavy atom. The molecule has 8 heteroatoms. The van der Waals surface area contributed by atoms with Crippen LogP contribution < -0.4 is 20.3 Å². The van der Waals surface area contributed by atoms with E-state index in [1.165, 1.54) is 0 Å². The number of carbonyl (C=O) groups is 2. The number of hydrogen-bond acceptors (Lipinski definition) is 6. The molecule has 0 bridgehead atoms. The minimum Gasteiger partial charge on any atom is -0.496 e. The highest BCUT2D eigenvalue weighted by Crippen LogP contribution is 2.26. The fourth-order valence-electron chi connectivity index (χ4n) is 4.24. The highest BCUT2D eigenvalue weighted by molar-refractivity contribution is 5.97. The lowest BCUT2D eigenvalue weighted by molar-refractivity contribution is -0.134. The van der Waals surface area contributed by atoms with Crippen molar-refractivity contribution in [3.8, 4) is 11.5 Å². The van der Waals surface area contributed by atoms with Crippen LogP contribution in [0, 0.1) is 0 Å². The van der Waals surface area contributed by atoms with Gasteiger partial charge in [-0.3, -0.25) is 9.59 Å². The Bertz CT molecular complexity index is 941. The van der Waals surface area contributed by atoms with E-state index < -0.39 is 0 Å². The Kier molecular flexibility index (Phi) is 6.92. The topological polar surface area (TPSA) is 83.1 Å². The molecule has 2 heterocycles. The van der Waals surface area contributed by atoms with Gasteiger partial charge in [-0.25, -0.2) is 10.9 Å². The van der Waals surface area contributed by atoms with E-state index in [4.69, 9.17) is 9.47 Å². The molecule has 2 unspecified atom stereocenters. The van der Waals surface area contributed by atoms with Gasteiger partial charge in [-0.2, -0.15) is 0 Å². The zero-order chi connectivity index (χ0) is 22.5. The Labute approximate surface area is 188 Å². The normalized spacial score (nSPS) is 20.8. The summed E-state index contributed by atoms with van der Waals surface area (Å²) >= 11 is 0. The van der Waals surface area contributed by atoms with Gasteiger partial charge in [0.1, 0.15) is 17.5 Å². The predicted molar refractivity (Wildman–Crippen MR) is 121 cm³/mol. The third kappa shape index (κ3) is 4.71. The molecule has 0 aliphatic carbocycles. The number of para-hydroxylation sites is 1. The van der Waals surface area contributed by atoms with Gasteiger partial charge in [-0.15, -0.1) is 0 Å². The number of benzene rings is 2. The van der Waals surface area contributed by atoms with Crippen LogP contribution in [0.5, 0.6) is 11.5 Å². The van der Waals surface area contributed by atoms with Gasteiger partial charge in [0.2, 0.25) is 5.91 Å². The summed E-state index contributed by atoms with van der Waals surface area (Å²) in [5.41, 5.74) is 8.05. The predicted octanol–water partition coefficient (Wildman–Crippen LogP) is 1.99. The lowest BCUT2D eigenvalue weighted by atomic mass is 10.0. The number of piperazine rings is 1. The maximum Gasteiger partial charge on any atom is 0.257 e. The standard InChI is InChI=1S/C24H30N4O4/c1-3-32-18-10-8-17(9-11-18)20-16-21(26-25-20)24(30)28-14-12-27(13-15-28)23(29)19-6-4-5-7-22(19)31-2/h4-11,20-21,25-26H,3,12-16H2,1-2H3. The van der Waals surface area contributed by atoms with Gasteiger partial charge in [-0.05, 0) is 43.2 Å². The smallest absolute Gasteiger partial charge is 0.257 e. The number of hydrazine groups is 1. The number of carbonyl (C=O) groups excluding carboxylic acids is 2. The first kappa shape index (κ1) is 22.1. The molecule has 0 aromatic heterocycles. The Balaban J connectivity index is 1.30. The molecule has 2 N–H and O–H groups in total. The number of amides is 2. The summed E-state index contributed by atoms with van der Waals surface area (Å²) in [5, 5.41) is 0. The minimum atomic E-state index is -0.289. The fourth-order valence-corrected chi connectivity index (χ4v) is 4.24. The second-order valence-electron chi connectivity index (χ2n) is 7.95. The van der Waals surface area contributed by atoms with E-state index >= 15 is 0 Å². The van der Waals surface area contributed by atoms with Crippen LogP contribution in [0.4, 0.5) is 0 Å². The molecule has 2 saturated heterocycles. The number of rotatable bonds is 6. The molecule has 2 fully saturated rings. The summed E-state index contributed by atoms with van der Waals surface area (Å²) in [4.78, 5) is 29.6. The number of nitrogens with zero attached hydrogens (tertiary/aromatic N) is 2. The molecule has 2 aliphatic rings. The second-order valence-corrected chi connectivity index (χ2v) is 7.95. The molecular weight excluding hydrogens is 408 g/mol. The Hall–Kier alpha value is -3.10. The molecule has 0 radical (unpaired) electrons. The average Bonchev–Trinajstić information content (AvgIpc) is 3.34. The van der Waals surface area contributed by atoms with Crippen LogP contribution in [0.3, 0.4) is 0 Å². The van der Waals surface area contributed by atoms with Crippen molar-refractivity contribution in [1.29, 1.82) is 0 Å². The van der Waals surface area contributed by atoms with E-state index in [2.05, 4.69) is 10.9 Å². The van der Waals surface area contributed by atoms with Crippen molar-refractivity contribution < 1.29 is 19.1 Å². The molecule has 4 rings (SSSR count). The van der Waals surface area contributed by atoms with Gasteiger partial charge in [-0.1, -0.05) is 24.3 Å². The van der Waals surface area contributed by atoms with E-state index in [0.717, 1.165) is 11.3 Å². The highest BCUT2D eigenvalue weighted by atomic mass is 16.5. The molecule has 2 aromatic rings. The van der Waals surface area contributed by atoms with Gasteiger partial charge in [0.05, 0.1) is 19.3 Å². The molecule has 8 nitrogen and oxygen atoms in total. The average molecular weight is 439 g/mol. The van der Waals surface area contributed by atoms with Gasteiger partial charge in [0.25, 0.3) is 5.91 Å². The van der Waals surface area contributed by atoms with E-state index in [1.807, 2.05) is 48.2 Å². The van der Waals surface area contributed by atoms with Crippen molar-refractivity contribution in [2.24, 2.45) is 0 Å². The zero-order valence-corrected chi connectivity index (χ0v) is 18.5. The van der Waals surface area contributed by atoms with Crippen molar-refractivity contribution in [2.75, 3.05) is 39.9 Å². The van der Waals surface area contributed by atoms with Crippen molar-refractivity contribution in [3.63, 3.8) is 0 Å². The summed E-state index contributed by atoms with van der Waals surface area (Å²) in [7, 11) is 1.56. The van der Waals surface area contributed by atoms with Crippen LogP contribution in [0.15, 0.2) is 48.5 Å². The van der Waals surface area contributed by atoms with Crippen molar-refractivity contribution in [3.05, 3.63) is 59.7 Å². The summed E-state index contributed by atoms with van der Waals surface area (Å²) in [5.74, 6) is 1.41. The maximum absolute atomic E-state index is 13.0. The Morgan fingerprint density at radius 2 is 1.66 bits per heavy atom. The first-order chi connectivity index (χ1) is 15.6. The number of nitrogens with one attached hydrogen (secondary N) is 2. The van der Waals surface area contributed by atoms with E-state index in [1.54, 1.807) is 24.1 Å². The molecule has 2 atom stereocenters. The van der Waals surface area contributed by atoms with Crippen LogP contribution in [0.25, 0.3) is 0 Å². The van der Waals surface area contributed by atoms with Crippen LogP contribution in [0.1, 0.15) is 35.3 Å². The van der Waals surface area contributed by atoms with Crippen LogP contribution >= 0.6 is 0 Å². The van der Waals surface area contributed by atoms with Crippen molar-refractivity contribution >= 4 is 11.8 Å². The molecule has 170 valence electrons. The monoisotopic (exact) mass is 438 g/mol. The summed E-state index contributed by atoms with van der Waals surface area (Å²) in [6.45, 7) is 4.64. The SMILES string of the molecule is CCOc1ccc(C2CC(C(=O)N3CCN(C(=O)c4ccccc4OC)CC3)NN2)cc1. The van der Waals surface area contributed by atoms with E-state index in [0.29, 0.717) is 50.5 Å². The van der Waals surface area contributed by atoms with Gasteiger partial charge in [0.15, 0.2) is 0 Å². The van der Waals surface area contributed by atoms with Crippen LogP contribution in [0.2, 0.25) is 0 Å². The third-order valence-electron chi connectivity index (χ3n) is 6.01. The summed E-state index contributed by atoms with van der Waals surface area (Å²) < 4.78 is 10.8. The van der Waals surface area contributed by atoms with Gasteiger partial charge >= 0.3 is 0 Å². The van der Waals surface area contributed by atoms with Gasteiger partial charge in [0, 0.05) is 32.2 Å². The maximum atomic E-state index is 13.0. The molecule has 2 aromatic carbocycles. The number of methoxy groups -OCH3 is 1. The zero-order valence-electron chi connectivity index (χ0n) is 18.5. The second kappa shape index (κ2) is 10.0. The van der Waals surface area contributed by atoms with Gasteiger partial charge < -0.3 is 19.3 Å². The first-order valence-corrected chi connectivity index (χ1v) is 11.1. The minimum absolute atomic E-state index is 0.0630. The quantitative estimate of drug-likeness (QED) is 0.718. The first-order valence-electron chi connectivity index (χ1n) is 11.1. The van der Waals surface area contributed by atoms with Crippen molar-refractivity contribution in [1.82, 2.24) is 20.7 Å². The van der Waals surface area contributed by atoms with E-state index in [-0.39, 0.29) is 23.9 Å². The highest BCUT2D eigenvalue weighted by Gasteiger charge is 2.35. The fraction of sp³-hybridized carbons (Fsp3) is 0.417. The molecule has 2 amide bonds. The number of hydrogen-bond donors (Lipinski definition) is 2. The Morgan fingerprint density at radius 1 is 0.969 bits per heavy atom. The molecular formula is C24H30N4O4. The van der Waals surface area contributed by atoms with E-state index in [9.17, 15) is 9.59 Å². The van der Waals surface area contributed by atoms with Crippen molar-refractivity contribution in [2.45, 2.75) is 25.4 Å². The molecule has 0 saturated carbocycles. The van der Waals surface area contributed by atoms with Crippen LogP contribution in [-0.4, -0.2) is 67.6 Å². The number of ether oxygens (including phenoxy) is 2.